The predicted octanol–water partition coefficient (Wildman–Crippen LogP) is 3.58. The average molecular weight is 402 g/mol. The normalized spacial score (nSPS) is 14.7. The van der Waals surface area contributed by atoms with E-state index >= 15 is 0 Å². The highest BCUT2D eigenvalue weighted by atomic mass is 32.2. The molecule has 0 bridgehead atoms. The maximum atomic E-state index is 12.2. The van der Waals surface area contributed by atoms with Crippen LogP contribution < -0.4 is 16.6 Å². The molecular formula is C19H27N7OS. The van der Waals surface area contributed by atoms with E-state index in [1.54, 1.807) is 0 Å². The number of benzene rings is 1. The summed E-state index contributed by atoms with van der Waals surface area (Å²) in [4.78, 5) is 12.2. The van der Waals surface area contributed by atoms with Gasteiger partial charge < -0.3 is 11.2 Å². The van der Waals surface area contributed by atoms with Crippen LogP contribution in [0.4, 0.5) is 11.6 Å². The molecule has 150 valence electrons. The second-order valence-corrected chi connectivity index (χ2v) is 7.88. The standard InChI is InChI=1S/C19H27N7OS/c1-3-13(2)14-8-10-15(11-9-14)21-17(27)12-28-19-25-24-18(26(19)20)23-22-16-6-4-5-7-16/h8-11,13H,3-7,12,20H2,1-2H3,(H,21,27)(H,23,24). The molecule has 1 aromatic carbocycles. The van der Waals surface area contributed by atoms with Crippen LogP contribution in [-0.2, 0) is 4.79 Å². The van der Waals surface area contributed by atoms with Crippen LogP contribution in [0.5, 0.6) is 0 Å². The SMILES string of the molecule is CCC(C)c1ccc(NC(=O)CSc2nnc(NN=C3CCCC3)n2N)cc1. The quantitative estimate of drug-likeness (QED) is 0.354. The number of hydrogen-bond acceptors (Lipinski definition) is 7. The zero-order valence-electron chi connectivity index (χ0n) is 16.3. The molecule has 0 aliphatic heterocycles. The molecule has 1 aliphatic carbocycles. The van der Waals surface area contributed by atoms with Gasteiger partial charge in [-0.25, -0.2) is 10.1 Å². The molecule has 1 atom stereocenters. The third-order valence-corrected chi connectivity index (χ3v) is 5.81. The first kappa shape index (κ1) is 20.2. The summed E-state index contributed by atoms with van der Waals surface area (Å²) < 4.78 is 1.32. The Hall–Kier alpha value is -2.55. The van der Waals surface area contributed by atoms with Crippen LogP contribution in [0.25, 0.3) is 0 Å². The second-order valence-electron chi connectivity index (χ2n) is 6.94. The summed E-state index contributed by atoms with van der Waals surface area (Å²) in [6.07, 6.45) is 5.45. The minimum absolute atomic E-state index is 0.120. The van der Waals surface area contributed by atoms with Crippen molar-refractivity contribution in [3.8, 4) is 0 Å². The van der Waals surface area contributed by atoms with Crippen molar-refractivity contribution in [2.24, 2.45) is 5.10 Å². The Balaban J connectivity index is 1.49. The summed E-state index contributed by atoms with van der Waals surface area (Å²) in [7, 11) is 0. The number of amides is 1. The highest BCUT2D eigenvalue weighted by Gasteiger charge is 2.13. The van der Waals surface area contributed by atoms with E-state index < -0.39 is 0 Å². The number of carbonyl (C=O) groups excluding carboxylic acids is 1. The third kappa shape index (κ3) is 5.25. The predicted molar refractivity (Wildman–Crippen MR) is 114 cm³/mol. The summed E-state index contributed by atoms with van der Waals surface area (Å²) >= 11 is 1.23. The number of nitrogens with one attached hydrogen (secondary N) is 2. The van der Waals surface area contributed by atoms with Crippen molar-refractivity contribution < 1.29 is 4.79 Å². The van der Waals surface area contributed by atoms with Crippen molar-refractivity contribution in [3.05, 3.63) is 29.8 Å². The molecule has 1 amide bonds. The maximum Gasteiger partial charge on any atom is 0.264 e. The van der Waals surface area contributed by atoms with E-state index in [9.17, 15) is 4.79 Å². The Morgan fingerprint density at radius 3 is 2.68 bits per heavy atom. The lowest BCUT2D eigenvalue weighted by molar-refractivity contribution is -0.113. The minimum Gasteiger partial charge on any atom is -0.334 e. The topological polar surface area (TPSA) is 110 Å². The van der Waals surface area contributed by atoms with Crippen molar-refractivity contribution >= 4 is 35.0 Å². The molecular weight excluding hydrogens is 374 g/mol. The molecule has 1 aromatic heterocycles. The van der Waals surface area contributed by atoms with Gasteiger partial charge in [0.25, 0.3) is 5.95 Å². The van der Waals surface area contributed by atoms with Gasteiger partial charge in [0.05, 0.1) is 5.75 Å². The van der Waals surface area contributed by atoms with E-state index in [2.05, 4.69) is 52.0 Å². The van der Waals surface area contributed by atoms with Gasteiger partial charge in [-0.15, -0.1) is 10.2 Å². The molecule has 4 N–H and O–H groups in total. The van der Waals surface area contributed by atoms with Gasteiger partial charge in [0.1, 0.15) is 0 Å². The van der Waals surface area contributed by atoms with E-state index in [1.807, 2.05) is 12.1 Å². The number of hydrazone groups is 1. The van der Waals surface area contributed by atoms with Gasteiger partial charge in [0.2, 0.25) is 11.1 Å². The zero-order chi connectivity index (χ0) is 19.9. The van der Waals surface area contributed by atoms with Crippen LogP contribution in [0.3, 0.4) is 0 Å². The number of carbonyl (C=O) groups is 1. The van der Waals surface area contributed by atoms with E-state index in [0.717, 1.165) is 30.7 Å². The molecule has 8 nitrogen and oxygen atoms in total. The maximum absolute atomic E-state index is 12.2. The molecule has 1 heterocycles. The smallest absolute Gasteiger partial charge is 0.264 e. The Labute approximate surface area is 169 Å². The monoisotopic (exact) mass is 401 g/mol. The number of nitrogen functional groups attached to an aromatic ring is 1. The Morgan fingerprint density at radius 1 is 1.29 bits per heavy atom. The first-order valence-corrected chi connectivity index (χ1v) is 10.6. The van der Waals surface area contributed by atoms with Crippen molar-refractivity contribution in [2.45, 2.75) is 57.0 Å². The summed E-state index contributed by atoms with van der Waals surface area (Å²) in [5.74, 6) is 6.94. The summed E-state index contributed by atoms with van der Waals surface area (Å²) in [5.41, 5.74) is 6.03. The molecule has 3 rings (SSSR count). The van der Waals surface area contributed by atoms with Crippen LogP contribution in [0.1, 0.15) is 57.4 Å². The summed E-state index contributed by atoms with van der Waals surface area (Å²) in [6, 6.07) is 7.97. The Bertz CT molecular complexity index is 823. The molecule has 28 heavy (non-hydrogen) atoms. The van der Waals surface area contributed by atoms with E-state index in [-0.39, 0.29) is 11.7 Å². The fourth-order valence-electron chi connectivity index (χ4n) is 2.93. The van der Waals surface area contributed by atoms with Crippen molar-refractivity contribution in [1.29, 1.82) is 0 Å². The van der Waals surface area contributed by atoms with Gasteiger partial charge in [0.15, 0.2) is 0 Å². The second kappa shape index (κ2) is 9.59. The number of rotatable bonds is 8. The highest BCUT2D eigenvalue weighted by Crippen LogP contribution is 2.21. The number of nitrogens with zero attached hydrogens (tertiary/aromatic N) is 4. The molecule has 1 unspecified atom stereocenters. The molecule has 0 radical (unpaired) electrons. The lowest BCUT2D eigenvalue weighted by atomic mass is 9.99. The fraction of sp³-hybridized carbons (Fsp3) is 0.474. The largest absolute Gasteiger partial charge is 0.334 e. The lowest BCUT2D eigenvalue weighted by Crippen LogP contribution is -2.17. The first-order valence-electron chi connectivity index (χ1n) is 9.61. The Morgan fingerprint density at radius 2 is 2.00 bits per heavy atom. The van der Waals surface area contributed by atoms with Gasteiger partial charge in [-0.2, -0.15) is 5.10 Å². The van der Waals surface area contributed by atoms with Crippen LogP contribution in [0, 0.1) is 0 Å². The molecule has 1 fully saturated rings. The lowest BCUT2D eigenvalue weighted by Gasteiger charge is -2.10. The molecule has 1 saturated carbocycles. The Kier molecular flexibility index (Phi) is 6.91. The fourth-order valence-corrected chi connectivity index (χ4v) is 3.59. The van der Waals surface area contributed by atoms with E-state index in [4.69, 9.17) is 5.84 Å². The van der Waals surface area contributed by atoms with Crippen LogP contribution >= 0.6 is 11.8 Å². The van der Waals surface area contributed by atoms with Crippen LogP contribution in [0.15, 0.2) is 34.5 Å². The minimum atomic E-state index is -0.120. The summed E-state index contributed by atoms with van der Waals surface area (Å²) in [5, 5.41) is 15.7. The average Bonchev–Trinajstić information content (AvgIpc) is 3.34. The molecule has 9 heteroatoms. The number of aromatic nitrogens is 3. The highest BCUT2D eigenvalue weighted by molar-refractivity contribution is 7.99. The van der Waals surface area contributed by atoms with Crippen molar-refractivity contribution in [2.75, 3.05) is 22.3 Å². The number of hydrogen-bond donors (Lipinski definition) is 3. The first-order chi connectivity index (χ1) is 13.6. The number of anilines is 2. The third-order valence-electron chi connectivity index (χ3n) is 4.87. The van der Waals surface area contributed by atoms with Crippen molar-refractivity contribution in [3.63, 3.8) is 0 Å². The van der Waals surface area contributed by atoms with Gasteiger partial charge in [-0.3, -0.25) is 4.79 Å². The number of nitrogens with two attached hydrogens (primary N) is 1. The number of thioether (sulfide) groups is 1. The summed E-state index contributed by atoms with van der Waals surface area (Å²) in [6.45, 7) is 4.35. The van der Waals surface area contributed by atoms with E-state index in [1.165, 1.54) is 34.8 Å². The molecule has 0 saturated heterocycles. The zero-order valence-corrected chi connectivity index (χ0v) is 17.1. The molecule has 1 aliphatic rings. The molecule has 0 spiro atoms. The van der Waals surface area contributed by atoms with Gasteiger partial charge in [-0.05, 0) is 55.7 Å². The van der Waals surface area contributed by atoms with Gasteiger partial charge in [0, 0.05) is 11.4 Å². The van der Waals surface area contributed by atoms with E-state index in [0.29, 0.717) is 17.0 Å². The van der Waals surface area contributed by atoms with Crippen LogP contribution in [-0.4, -0.2) is 32.2 Å². The van der Waals surface area contributed by atoms with Crippen molar-refractivity contribution in [1.82, 2.24) is 14.9 Å². The van der Waals surface area contributed by atoms with Gasteiger partial charge in [-0.1, -0.05) is 37.7 Å². The molecule has 2 aromatic rings. The van der Waals surface area contributed by atoms with Gasteiger partial charge >= 0.3 is 0 Å². The van der Waals surface area contributed by atoms with Crippen LogP contribution in [0.2, 0.25) is 0 Å².